The third kappa shape index (κ3) is 6.32. The summed E-state index contributed by atoms with van der Waals surface area (Å²) >= 11 is 6.05. The van der Waals surface area contributed by atoms with Crippen LogP contribution >= 0.6 is 11.6 Å². The number of nitrogens with zero attached hydrogens (tertiary/aromatic N) is 3. The number of rotatable bonds is 6. The molecule has 0 amide bonds. The van der Waals surface area contributed by atoms with Crippen molar-refractivity contribution in [2.24, 2.45) is 5.41 Å². The average Bonchev–Trinajstić information content (AvgIpc) is 2.42. The summed E-state index contributed by atoms with van der Waals surface area (Å²) in [6, 6.07) is 10.1. The lowest BCUT2D eigenvalue weighted by atomic mass is 9.82. The van der Waals surface area contributed by atoms with Gasteiger partial charge in [-0.05, 0) is 42.8 Å². The number of anilines is 2. The molecule has 1 aromatic carbocycles. The minimum Gasteiger partial charge on any atom is -0.350 e. The molecule has 5 nitrogen and oxygen atoms in total. The molecule has 0 radical (unpaired) electrons. The molecule has 0 aliphatic carbocycles. The Kier molecular flexibility index (Phi) is 5.65. The summed E-state index contributed by atoms with van der Waals surface area (Å²) in [7, 11) is 0. The van der Waals surface area contributed by atoms with Crippen molar-refractivity contribution in [3.8, 4) is 0 Å². The summed E-state index contributed by atoms with van der Waals surface area (Å²) in [5.74, 6) is 0.952. The van der Waals surface area contributed by atoms with Crippen LogP contribution in [0, 0.1) is 5.41 Å². The van der Waals surface area contributed by atoms with Crippen LogP contribution in [0.3, 0.4) is 0 Å². The maximum Gasteiger partial charge on any atom is 0.229 e. The summed E-state index contributed by atoms with van der Waals surface area (Å²) in [6.45, 7) is 11.5. The van der Waals surface area contributed by atoms with Gasteiger partial charge in [-0.15, -0.1) is 0 Å². The maximum atomic E-state index is 6.05. The van der Waals surface area contributed by atoms with Gasteiger partial charge >= 0.3 is 0 Å². The highest BCUT2D eigenvalue weighted by molar-refractivity contribution is 6.28. The summed E-state index contributed by atoms with van der Waals surface area (Å²) in [5.41, 5.74) is 1.19. The molecule has 0 saturated carbocycles. The molecule has 0 fully saturated rings. The second kappa shape index (κ2) is 7.34. The van der Waals surface area contributed by atoms with Crippen molar-refractivity contribution in [2.75, 3.05) is 10.6 Å². The van der Waals surface area contributed by atoms with Gasteiger partial charge in [0.1, 0.15) is 0 Å². The van der Waals surface area contributed by atoms with Crippen LogP contribution in [0.5, 0.6) is 0 Å². The highest BCUT2D eigenvalue weighted by atomic mass is 35.5. The molecule has 24 heavy (non-hydrogen) atoms. The topological polar surface area (TPSA) is 62.7 Å². The van der Waals surface area contributed by atoms with Crippen LogP contribution in [-0.2, 0) is 6.54 Å². The van der Waals surface area contributed by atoms with Gasteiger partial charge in [0, 0.05) is 12.1 Å². The van der Waals surface area contributed by atoms with E-state index in [1.807, 2.05) is 30.3 Å². The summed E-state index contributed by atoms with van der Waals surface area (Å²) < 4.78 is 0. The summed E-state index contributed by atoms with van der Waals surface area (Å²) in [5, 5.41) is 6.73. The standard InChI is InChI=1S/C18H26ClN5/c1-17(2,3)12-18(4,5)24-16-22-14(19)21-15(23-16)20-11-13-9-7-6-8-10-13/h6-10H,11-12H2,1-5H3,(H2,20,21,22,23,24). The van der Waals surface area contributed by atoms with E-state index in [1.165, 1.54) is 0 Å². The Balaban J connectivity index is 2.08. The highest BCUT2D eigenvalue weighted by Crippen LogP contribution is 2.29. The minimum absolute atomic E-state index is 0.153. The molecule has 2 rings (SSSR count). The molecule has 0 bridgehead atoms. The van der Waals surface area contributed by atoms with Crippen molar-refractivity contribution >= 4 is 23.5 Å². The Bertz CT molecular complexity index is 665. The van der Waals surface area contributed by atoms with Gasteiger partial charge in [0.15, 0.2) is 0 Å². The molecular formula is C18H26ClN5. The second-order valence-corrected chi connectivity index (χ2v) is 8.18. The number of nitrogens with one attached hydrogen (secondary N) is 2. The molecule has 130 valence electrons. The van der Waals surface area contributed by atoms with E-state index in [4.69, 9.17) is 11.6 Å². The van der Waals surface area contributed by atoms with Crippen LogP contribution in [0.15, 0.2) is 30.3 Å². The Hall–Kier alpha value is -1.88. The van der Waals surface area contributed by atoms with E-state index in [-0.39, 0.29) is 16.2 Å². The van der Waals surface area contributed by atoms with Crippen LogP contribution in [0.2, 0.25) is 5.28 Å². The zero-order chi connectivity index (χ0) is 17.8. The van der Waals surface area contributed by atoms with Crippen LogP contribution < -0.4 is 10.6 Å². The molecule has 6 heteroatoms. The van der Waals surface area contributed by atoms with Crippen molar-refractivity contribution < 1.29 is 0 Å². The maximum absolute atomic E-state index is 6.05. The quantitative estimate of drug-likeness (QED) is 0.788. The van der Waals surface area contributed by atoms with Gasteiger partial charge < -0.3 is 10.6 Å². The Labute approximate surface area is 149 Å². The molecular weight excluding hydrogens is 322 g/mol. The Morgan fingerprint density at radius 1 is 0.917 bits per heavy atom. The number of benzene rings is 1. The summed E-state index contributed by atoms with van der Waals surface area (Å²) in [6.07, 6.45) is 0.968. The van der Waals surface area contributed by atoms with Crippen LogP contribution in [0.1, 0.15) is 46.6 Å². The van der Waals surface area contributed by atoms with Gasteiger partial charge in [-0.1, -0.05) is 51.1 Å². The van der Waals surface area contributed by atoms with Gasteiger partial charge in [0.25, 0.3) is 0 Å². The SMILES string of the molecule is CC(C)(C)CC(C)(C)Nc1nc(Cl)nc(NCc2ccccc2)n1. The zero-order valence-electron chi connectivity index (χ0n) is 15.0. The van der Waals surface area contributed by atoms with Gasteiger partial charge in [-0.2, -0.15) is 15.0 Å². The van der Waals surface area contributed by atoms with Crippen molar-refractivity contribution in [1.29, 1.82) is 0 Å². The lowest BCUT2D eigenvalue weighted by Crippen LogP contribution is -2.36. The van der Waals surface area contributed by atoms with E-state index in [0.29, 0.717) is 18.4 Å². The monoisotopic (exact) mass is 347 g/mol. The predicted molar refractivity (Wildman–Crippen MR) is 100 cm³/mol. The van der Waals surface area contributed by atoms with Crippen molar-refractivity contribution in [3.63, 3.8) is 0 Å². The van der Waals surface area contributed by atoms with E-state index in [9.17, 15) is 0 Å². The molecule has 2 N–H and O–H groups in total. The van der Waals surface area contributed by atoms with Gasteiger partial charge in [-0.3, -0.25) is 0 Å². The lowest BCUT2D eigenvalue weighted by molar-refractivity contribution is 0.301. The summed E-state index contributed by atoms with van der Waals surface area (Å²) in [4.78, 5) is 12.8. The van der Waals surface area contributed by atoms with E-state index >= 15 is 0 Å². The minimum atomic E-state index is -0.153. The molecule has 2 aromatic rings. The van der Waals surface area contributed by atoms with E-state index in [2.05, 4.69) is 60.2 Å². The number of hydrogen-bond donors (Lipinski definition) is 2. The van der Waals surface area contributed by atoms with E-state index in [1.54, 1.807) is 0 Å². The lowest BCUT2D eigenvalue weighted by Gasteiger charge is -2.33. The molecule has 0 aliphatic rings. The predicted octanol–water partition coefficient (Wildman–Crippen LogP) is 4.76. The first-order chi connectivity index (χ1) is 11.1. The van der Waals surface area contributed by atoms with E-state index < -0.39 is 0 Å². The third-order valence-corrected chi connectivity index (χ3v) is 3.49. The molecule has 0 spiro atoms. The van der Waals surface area contributed by atoms with Crippen LogP contribution in [0.4, 0.5) is 11.9 Å². The normalized spacial score (nSPS) is 12.1. The first kappa shape index (κ1) is 18.5. The van der Waals surface area contributed by atoms with Crippen LogP contribution in [-0.4, -0.2) is 20.5 Å². The fraction of sp³-hybridized carbons (Fsp3) is 0.500. The van der Waals surface area contributed by atoms with Crippen molar-refractivity contribution in [1.82, 2.24) is 15.0 Å². The van der Waals surface area contributed by atoms with E-state index in [0.717, 1.165) is 12.0 Å². The third-order valence-electron chi connectivity index (χ3n) is 3.32. The van der Waals surface area contributed by atoms with Gasteiger partial charge in [0.05, 0.1) is 0 Å². The average molecular weight is 348 g/mol. The Morgan fingerprint density at radius 3 is 2.17 bits per heavy atom. The fourth-order valence-electron chi connectivity index (χ4n) is 2.93. The number of halogens is 1. The Morgan fingerprint density at radius 2 is 1.54 bits per heavy atom. The molecule has 0 saturated heterocycles. The number of hydrogen-bond acceptors (Lipinski definition) is 5. The number of aromatic nitrogens is 3. The molecule has 1 aromatic heterocycles. The largest absolute Gasteiger partial charge is 0.350 e. The first-order valence-corrected chi connectivity index (χ1v) is 8.48. The first-order valence-electron chi connectivity index (χ1n) is 8.11. The second-order valence-electron chi connectivity index (χ2n) is 7.84. The van der Waals surface area contributed by atoms with Gasteiger partial charge in [0.2, 0.25) is 17.2 Å². The zero-order valence-corrected chi connectivity index (χ0v) is 15.8. The molecule has 0 unspecified atom stereocenters. The van der Waals surface area contributed by atoms with Crippen molar-refractivity contribution in [3.05, 3.63) is 41.2 Å². The fourth-order valence-corrected chi connectivity index (χ4v) is 3.09. The molecule has 0 aliphatic heterocycles. The molecule has 1 heterocycles. The smallest absolute Gasteiger partial charge is 0.229 e. The highest BCUT2D eigenvalue weighted by Gasteiger charge is 2.26. The van der Waals surface area contributed by atoms with Crippen molar-refractivity contribution in [2.45, 2.75) is 53.1 Å². The molecule has 0 atom stereocenters. The van der Waals surface area contributed by atoms with Gasteiger partial charge in [-0.25, -0.2) is 0 Å². The van der Waals surface area contributed by atoms with Crippen LogP contribution in [0.25, 0.3) is 0 Å².